The summed E-state index contributed by atoms with van der Waals surface area (Å²) in [5.41, 5.74) is 5.48. The number of hydrogen-bond acceptors (Lipinski definition) is 3. The van der Waals surface area contributed by atoms with Crippen LogP contribution in [0.4, 0.5) is 0 Å². The van der Waals surface area contributed by atoms with Gasteiger partial charge in [-0.2, -0.15) is 0 Å². The lowest BCUT2D eigenvalue weighted by molar-refractivity contribution is -0.122. The van der Waals surface area contributed by atoms with Crippen molar-refractivity contribution in [1.29, 1.82) is 0 Å². The third-order valence-electron chi connectivity index (χ3n) is 2.53. The van der Waals surface area contributed by atoms with E-state index in [2.05, 4.69) is 5.32 Å². The molecule has 0 rings (SSSR count). The van der Waals surface area contributed by atoms with Crippen molar-refractivity contribution in [2.45, 2.75) is 52.1 Å². The van der Waals surface area contributed by atoms with Gasteiger partial charge in [-0.3, -0.25) is 4.79 Å². The third-order valence-corrected chi connectivity index (χ3v) is 2.53. The molecule has 0 radical (unpaired) electrons. The van der Waals surface area contributed by atoms with Gasteiger partial charge in [-0.25, -0.2) is 0 Å². The average molecular weight is 216 g/mol. The van der Waals surface area contributed by atoms with Crippen LogP contribution in [0.2, 0.25) is 0 Å². The fourth-order valence-electron chi connectivity index (χ4n) is 1.06. The molecule has 0 aromatic rings. The number of nitrogens with one attached hydrogen (secondary N) is 1. The molecule has 0 aliphatic rings. The number of aliphatic hydroxyl groups excluding tert-OH is 1. The van der Waals surface area contributed by atoms with E-state index < -0.39 is 0 Å². The van der Waals surface area contributed by atoms with Gasteiger partial charge in [-0.15, -0.1) is 0 Å². The van der Waals surface area contributed by atoms with Gasteiger partial charge in [0, 0.05) is 24.6 Å². The molecule has 1 amide bonds. The molecular formula is C11H24N2O2. The molecule has 0 aliphatic heterocycles. The lowest BCUT2D eigenvalue weighted by atomic mass is 9.99. The summed E-state index contributed by atoms with van der Waals surface area (Å²) in [5, 5.41) is 11.8. The van der Waals surface area contributed by atoms with Crippen molar-refractivity contribution >= 4 is 5.91 Å². The SMILES string of the molecule is CC(CO)C(C)NC(=O)CCC(C)(C)N. The van der Waals surface area contributed by atoms with Crippen LogP contribution in [-0.2, 0) is 4.79 Å². The van der Waals surface area contributed by atoms with Gasteiger partial charge in [0.25, 0.3) is 0 Å². The van der Waals surface area contributed by atoms with Gasteiger partial charge < -0.3 is 16.2 Å². The number of aliphatic hydroxyl groups is 1. The molecule has 90 valence electrons. The van der Waals surface area contributed by atoms with E-state index in [4.69, 9.17) is 10.8 Å². The van der Waals surface area contributed by atoms with E-state index in [0.717, 1.165) is 0 Å². The van der Waals surface area contributed by atoms with Crippen molar-refractivity contribution in [2.24, 2.45) is 11.7 Å². The van der Waals surface area contributed by atoms with Crippen LogP contribution in [0.1, 0.15) is 40.5 Å². The second-order valence-electron chi connectivity index (χ2n) is 5.00. The summed E-state index contributed by atoms with van der Waals surface area (Å²) in [6, 6.07) is 0.00314. The molecular weight excluding hydrogens is 192 g/mol. The van der Waals surface area contributed by atoms with Crippen LogP contribution in [-0.4, -0.2) is 29.2 Å². The third kappa shape index (κ3) is 7.33. The lowest BCUT2D eigenvalue weighted by Gasteiger charge is -2.21. The zero-order chi connectivity index (χ0) is 12.1. The van der Waals surface area contributed by atoms with Crippen molar-refractivity contribution in [3.05, 3.63) is 0 Å². The molecule has 0 aliphatic carbocycles. The molecule has 0 aromatic heterocycles. The maximum Gasteiger partial charge on any atom is 0.220 e. The maximum absolute atomic E-state index is 11.5. The molecule has 0 heterocycles. The Kier molecular flexibility index (Phi) is 5.83. The fraction of sp³-hybridized carbons (Fsp3) is 0.909. The molecule has 4 N–H and O–H groups in total. The number of rotatable bonds is 6. The monoisotopic (exact) mass is 216 g/mol. The minimum Gasteiger partial charge on any atom is -0.396 e. The highest BCUT2D eigenvalue weighted by atomic mass is 16.3. The number of amides is 1. The lowest BCUT2D eigenvalue weighted by Crippen LogP contribution is -2.40. The number of carbonyl (C=O) groups excluding carboxylic acids is 1. The molecule has 2 atom stereocenters. The Hall–Kier alpha value is -0.610. The Balaban J connectivity index is 3.84. The van der Waals surface area contributed by atoms with Crippen LogP contribution in [0, 0.1) is 5.92 Å². The van der Waals surface area contributed by atoms with Gasteiger partial charge in [-0.1, -0.05) is 6.92 Å². The summed E-state index contributed by atoms with van der Waals surface area (Å²) in [4.78, 5) is 11.5. The summed E-state index contributed by atoms with van der Waals surface area (Å²) >= 11 is 0. The number of carbonyl (C=O) groups is 1. The van der Waals surface area contributed by atoms with Crippen LogP contribution < -0.4 is 11.1 Å². The maximum atomic E-state index is 11.5. The summed E-state index contributed by atoms with van der Waals surface area (Å²) in [5.74, 6) is 0.0844. The first-order valence-electron chi connectivity index (χ1n) is 5.45. The second-order valence-corrected chi connectivity index (χ2v) is 5.00. The Bertz CT molecular complexity index is 199. The van der Waals surface area contributed by atoms with Gasteiger partial charge in [0.1, 0.15) is 0 Å². The number of nitrogens with two attached hydrogens (primary N) is 1. The number of hydrogen-bond donors (Lipinski definition) is 3. The Labute approximate surface area is 92.2 Å². The standard InChI is InChI=1S/C11H24N2O2/c1-8(7-14)9(2)13-10(15)5-6-11(3,4)12/h8-9,14H,5-7,12H2,1-4H3,(H,13,15). The van der Waals surface area contributed by atoms with Gasteiger partial charge in [0.15, 0.2) is 0 Å². The second kappa shape index (κ2) is 6.08. The van der Waals surface area contributed by atoms with E-state index >= 15 is 0 Å². The predicted octanol–water partition coefficient (Wildman–Crippen LogP) is 0.637. The topological polar surface area (TPSA) is 75.3 Å². The highest BCUT2D eigenvalue weighted by Gasteiger charge is 2.16. The highest BCUT2D eigenvalue weighted by Crippen LogP contribution is 2.07. The van der Waals surface area contributed by atoms with E-state index in [0.29, 0.717) is 12.8 Å². The smallest absolute Gasteiger partial charge is 0.220 e. The van der Waals surface area contributed by atoms with Crippen LogP contribution in [0.5, 0.6) is 0 Å². The minimum absolute atomic E-state index is 0.00123. The van der Waals surface area contributed by atoms with E-state index in [9.17, 15) is 4.79 Å². The summed E-state index contributed by atoms with van der Waals surface area (Å²) in [6.45, 7) is 7.69. The van der Waals surface area contributed by atoms with Crippen LogP contribution in [0.25, 0.3) is 0 Å². The largest absolute Gasteiger partial charge is 0.396 e. The Morgan fingerprint density at radius 1 is 1.47 bits per heavy atom. The Morgan fingerprint density at radius 3 is 2.40 bits per heavy atom. The summed E-state index contributed by atoms with van der Waals surface area (Å²) in [7, 11) is 0. The minimum atomic E-state index is -0.302. The first kappa shape index (κ1) is 14.4. The van der Waals surface area contributed by atoms with Crippen LogP contribution in [0.15, 0.2) is 0 Å². The molecule has 0 fully saturated rings. The molecule has 2 unspecified atom stereocenters. The van der Waals surface area contributed by atoms with Crippen molar-refractivity contribution in [2.75, 3.05) is 6.61 Å². The van der Waals surface area contributed by atoms with Gasteiger partial charge >= 0.3 is 0 Å². The first-order chi connectivity index (χ1) is 6.76. The fourth-order valence-corrected chi connectivity index (χ4v) is 1.06. The van der Waals surface area contributed by atoms with Crippen LogP contribution >= 0.6 is 0 Å². The van der Waals surface area contributed by atoms with E-state index in [-0.39, 0.29) is 30.0 Å². The van der Waals surface area contributed by atoms with Gasteiger partial charge in [0.05, 0.1) is 0 Å². The molecule has 4 nitrogen and oxygen atoms in total. The average Bonchev–Trinajstić information content (AvgIpc) is 2.12. The van der Waals surface area contributed by atoms with E-state index in [1.807, 2.05) is 27.7 Å². The molecule has 15 heavy (non-hydrogen) atoms. The van der Waals surface area contributed by atoms with Crippen LogP contribution in [0.3, 0.4) is 0 Å². The van der Waals surface area contributed by atoms with E-state index in [1.165, 1.54) is 0 Å². The van der Waals surface area contributed by atoms with Crippen molar-refractivity contribution in [3.8, 4) is 0 Å². The van der Waals surface area contributed by atoms with Crippen molar-refractivity contribution in [1.82, 2.24) is 5.32 Å². The normalized spacial score (nSPS) is 15.9. The molecule has 0 saturated heterocycles. The van der Waals surface area contributed by atoms with Gasteiger partial charge in [-0.05, 0) is 33.1 Å². The molecule has 0 spiro atoms. The quantitative estimate of drug-likeness (QED) is 0.610. The molecule has 0 bridgehead atoms. The Morgan fingerprint density at radius 2 is 2.00 bits per heavy atom. The highest BCUT2D eigenvalue weighted by molar-refractivity contribution is 5.76. The van der Waals surface area contributed by atoms with Gasteiger partial charge in [0.2, 0.25) is 5.91 Å². The van der Waals surface area contributed by atoms with Crippen molar-refractivity contribution in [3.63, 3.8) is 0 Å². The predicted molar refractivity (Wildman–Crippen MR) is 61.4 cm³/mol. The zero-order valence-electron chi connectivity index (χ0n) is 10.2. The summed E-state index contributed by atoms with van der Waals surface area (Å²) < 4.78 is 0. The zero-order valence-corrected chi connectivity index (χ0v) is 10.2. The van der Waals surface area contributed by atoms with Crippen molar-refractivity contribution < 1.29 is 9.90 Å². The van der Waals surface area contributed by atoms with E-state index in [1.54, 1.807) is 0 Å². The molecule has 0 saturated carbocycles. The molecule has 4 heteroatoms. The first-order valence-corrected chi connectivity index (χ1v) is 5.45. The molecule has 0 aromatic carbocycles. The summed E-state index contributed by atoms with van der Waals surface area (Å²) in [6.07, 6.45) is 1.10.